The molecule has 0 aromatic carbocycles. The highest BCUT2D eigenvalue weighted by molar-refractivity contribution is 6.01. The first-order chi connectivity index (χ1) is 12.2. The number of carbonyl (C=O) groups is 4. The zero-order valence-electron chi connectivity index (χ0n) is 15.5. The zero-order chi connectivity index (χ0) is 19.3. The van der Waals surface area contributed by atoms with Crippen molar-refractivity contribution in [1.29, 1.82) is 0 Å². The van der Waals surface area contributed by atoms with Gasteiger partial charge in [0.2, 0.25) is 0 Å². The third-order valence-corrected chi connectivity index (χ3v) is 4.25. The lowest BCUT2D eigenvalue weighted by molar-refractivity contribution is -0.206. The molecule has 0 bridgehead atoms. The normalized spacial score (nSPS) is 19.7. The summed E-state index contributed by atoms with van der Waals surface area (Å²) in [4.78, 5) is 57.4. The van der Waals surface area contributed by atoms with Crippen molar-refractivity contribution >= 4 is 23.8 Å². The Bertz CT molecular complexity index is 553. The van der Waals surface area contributed by atoms with Crippen molar-refractivity contribution in [3.05, 3.63) is 0 Å². The average molecular weight is 370 g/mol. The molecular formula is C17H26N2O7. The van der Waals surface area contributed by atoms with Crippen LogP contribution >= 0.6 is 0 Å². The van der Waals surface area contributed by atoms with Crippen LogP contribution < -0.4 is 0 Å². The summed E-state index contributed by atoms with van der Waals surface area (Å²) in [5.41, 5.74) is -1.08. The second-order valence-electron chi connectivity index (χ2n) is 7.31. The molecule has 0 aromatic rings. The molecule has 2 rings (SSSR count). The number of nitrogens with zero attached hydrogens (tertiary/aromatic N) is 2. The van der Waals surface area contributed by atoms with Crippen LogP contribution in [0.1, 0.15) is 46.5 Å². The fraction of sp³-hybridized carbons (Fsp3) is 0.765. The SMILES string of the molecule is CC(COCC(C)(C)C(=O)ON1C(=O)CCC1=O)C(=O)ON1CCCC1. The highest BCUT2D eigenvalue weighted by Crippen LogP contribution is 2.22. The molecule has 1 unspecified atom stereocenters. The van der Waals surface area contributed by atoms with E-state index in [4.69, 9.17) is 14.4 Å². The minimum absolute atomic E-state index is 0.0244. The fourth-order valence-corrected chi connectivity index (χ4v) is 2.48. The summed E-state index contributed by atoms with van der Waals surface area (Å²) < 4.78 is 5.48. The van der Waals surface area contributed by atoms with E-state index >= 15 is 0 Å². The standard InChI is InChI=1S/C17H26N2O7/c1-12(15(22)25-18-8-4-5-9-18)10-24-11-17(2,3)16(23)26-19-13(20)6-7-14(19)21/h12H,4-11H2,1-3H3. The fourth-order valence-electron chi connectivity index (χ4n) is 2.48. The molecular weight excluding hydrogens is 344 g/mol. The molecule has 1 atom stereocenters. The maximum atomic E-state index is 12.2. The number of hydrogen-bond acceptors (Lipinski definition) is 8. The van der Waals surface area contributed by atoms with Crippen molar-refractivity contribution < 1.29 is 33.6 Å². The molecule has 2 saturated heterocycles. The monoisotopic (exact) mass is 370 g/mol. The topological polar surface area (TPSA) is 102 Å². The molecule has 9 heteroatoms. The van der Waals surface area contributed by atoms with Crippen molar-refractivity contribution in [1.82, 2.24) is 10.1 Å². The lowest BCUT2D eigenvalue weighted by Crippen LogP contribution is -2.40. The Balaban J connectivity index is 1.74. The van der Waals surface area contributed by atoms with E-state index in [0.717, 1.165) is 25.9 Å². The van der Waals surface area contributed by atoms with Crippen LogP contribution in [0.4, 0.5) is 0 Å². The maximum Gasteiger partial charge on any atom is 0.341 e. The smallest absolute Gasteiger partial charge is 0.341 e. The van der Waals surface area contributed by atoms with Crippen molar-refractivity contribution in [2.75, 3.05) is 26.3 Å². The Morgan fingerprint density at radius 1 is 1.08 bits per heavy atom. The molecule has 2 heterocycles. The van der Waals surface area contributed by atoms with Crippen molar-refractivity contribution in [3.63, 3.8) is 0 Å². The van der Waals surface area contributed by atoms with E-state index in [-0.39, 0.29) is 32.0 Å². The van der Waals surface area contributed by atoms with Gasteiger partial charge in [-0.05, 0) is 33.6 Å². The van der Waals surface area contributed by atoms with Crippen LogP contribution in [0.5, 0.6) is 0 Å². The Morgan fingerprint density at radius 2 is 1.65 bits per heavy atom. The Hall–Kier alpha value is -2.00. The van der Waals surface area contributed by atoms with E-state index < -0.39 is 29.1 Å². The van der Waals surface area contributed by atoms with Crippen LogP contribution in [0.3, 0.4) is 0 Å². The molecule has 146 valence electrons. The molecule has 2 fully saturated rings. The highest BCUT2D eigenvalue weighted by atomic mass is 16.7. The molecule has 2 aliphatic heterocycles. The van der Waals surface area contributed by atoms with E-state index in [1.54, 1.807) is 25.8 Å². The summed E-state index contributed by atoms with van der Waals surface area (Å²) in [5, 5.41) is 2.16. The molecule has 9 nitrogen and oxygen atoms in total. The predicted octanol–water partition coefficient (Wildman–Crippen LogP) is 0.827. The number of hydrogen-bond donors (Lipinski definition) is 0. The minimum atomic E-state index is -1.08. The van der Waals surface area contributed by atoms with Gasteiger partial charge in [-0.1, -0.05) is 0 Å². The van der Waals surface area contributed by atoms with Crippen LogP contribution in [0.2, 0.25) is 0 Å². The zero-order valence-corrected chi connectivity index (χ0v) is 15.5. The first kappa shape index (κ1) is 20.3. The second-order valence-corrected chi connectivity index (χ2v) is 7.31. The highest BCUT2D eigenvalue weighted by Gasteiger charge is 2.38. The number of rotatable bonds is 8. The van der Waals surface area contributed by atoms with Gasteiger partial charge >= 0.3 is 11.9 Å². The summed E-state index contributed by atoms with van der Waals surface area (Å²) in [7, 11) is 0. The summed E-state index contributed by atoms with van der Waals surface area (Å²) in [6.07, 6.45) is 2.10. The number of ether oxygens (including phenoxy) is 1. The van der Waals surface area contributed by atoms with E-state index in [0.29, 0.717) is 5.06 Å². The molecule has 26 heavy (non-hydrogen) atoms. The molecule has 0 spiro atoms. The van der Waals surface area contributed by atoms with E-state index in [2.05, 4.69) is 0 Å². The summed E-state index contributed by atoms with van der Waals surface area (Å²) in [6.45, 7) is 6.39. The second kappa shape index (κ2) is 8.59. The first-order valence-electron chi connectivity index (χ1n) is 8.83. The van der Waals surface area contributed by atoms with Gasteiger partial charge in [-0.15, -0.1) is 10.1 Å². The number of imide groups is 1. The molecule has 2 aliphatic rings. The van der Waals surface area contributed by atoms with Gasteiger partial charge in [0.05, 0.1) is 24.5 Å². The van der Waals surface area contributed by atoms with Gasteiger partial charge in [0, 0.05) is 25.9 Å². The minimum Gasteiger partial charge on any atom is -0.379 e. The largest absolute Gasteiger partial charge is 0.379 e. The van der Waals surface area contributed by atoms with Crippen LogP contribution in [0, 0.1) is 11.3 Å². The lowest BCUT2D eigenvalue weighted by Gasteiger charge is -2.25. The van der Waals surface area contributed by atoms with Crippen LogP contribution in [-0.2, 0) is 33.6 Å². The van der Waals surface area contributed by atoms with Gasteiger partial charge in [0.15, 0.2) is 0 Å². The van der Waals surface area contributed by atoms with Gasteiger partial charge in [-0.2, -0.15) is 0 Å². The summed E-state index contributed by atoms with van der Waals surface area (Å²) in [5.74, 6) is -2.66. The van der Waals surface area contributed by atoms with Gasteiger partial charge < -0.3 is 14.4 Å². The Morgan fingerprint density at radius 3 is 2.23 bits per heavy atom. The van der Waals surface area contributed by atoms with Gasteiger partial charge in [0.1, 0.15) is 0 Å². The van der Waals surface area contributed by atoms with Crippen LogP contribution in [0.15, 0.2) is 0 Å². The average Bonchev–Trinajstić information content (AvgIpc) is 3.19. The first-order valence-corrected chi connectivity index (χ1v) is 8.83. The van der Waals surface area contributed by atoms with Crippen molar-refractivity contribution in [2.45, 2.75) is 46.5 Å². The maximum absolute atomic E-state index is 12.2. The Labute approximate surface area is 152 Å². The third-order valence-electron chi connectivity index (χ3n) is 4.25. The molecule has 0 N–H and O–H groups in total. The molecule has 0 radical (unpaired) electrons. The number of carbonyl (C=O) groups excluding carboxylic acids is 4. The van der Waals surface area contributed by atoms with Gasteiger partial charge in [0.25, 0.3) is 11.8 Å². The molecule has 0 aromatic heterocycles. The summed E-state index contributed by atoms with van der Waals surface area (Å²) in [6, 6.07) is 0. The summed E-state index contributed by atoms with van der Waals surface area (Å²) >= 11 is 0. The number of amides is 2. The van der Waals surface area contributed by atoms with Gasteiger partial charge in [-0.3, -0.25) is 9.59 Å². The van der Waals surface area contributed by atoms with Gasteiger partial charge in [-0.25, -0.2) is 9.59 Å². The predicted molar refractivity (Wildman–Crippen MR) is 87.8 cm³/mol. The molecule has 2 amide bonds. The third kappa shape index (κ3) is 5.25. The van der Waals surface area contributed by atoms with Crippen molar-refractivity contribution in [3.8, 4) is 0 Å². The molecule has 0 aliphatic carbocycles. The molecule has 0 saturated carbocycles. The van der Waals surface area contributed by atoms with E-state index in [1.165, 1.54) is 0 Å². The Kier molecular flexibility index (Phi) is 6.71. The number of hydroxylamine groups is 4. The van der Waals surface area contributed by atoms with Crippen LogP contribution in [0.25, 0.3) is 0 Å². The van der Waals surface area contributed by atoms with Crippen molar-refractivity contribution in [2.24, 2.45) is 11.3 Å². The van der Waals surface area contributed by atoms with Crippen LogP contribution in [-0.4, -0.2) is 60.2 Å². The van der Waals surface area contributed by atoms with E-state index in [1.807, 2.05) is 0 Å². The van der Waals surface area contributed by atoms with E-state index in [9.17, 15) is 19.2 Å². The lowest BCUT2D eigenvalue weighted by atomic mass is 9.95. The quantitative estimate of drug-likeness (QED) is 0.579.